The number of aromatic amines is 1. The Kier molecular flexibility index (Phi) is 5.89. The Hall–Kier alpha value is -1.69. The molecule has 25 heavy (non-hydrogen) atoms. The normalized spacial score (nSPS) is 17.7. The number of fused-ring (bicyclic) bond motifs is 1. The molecule has 2 aromatic rings. The monoisotopic (exact) mass is 344 g/mol. The summed E-state index contributed by atoms with van der Waals surface area (Å²) < 4.78 is 11.0. The molecule has 2 heterocycles. The van der Waals surface area contributed by atoms with E-state index in [0.29, 0.717) is 13.2 Å². The van der Waals surface area contributed by atoms with E-state index in [9.17, 15) is 4.79 Å². The maximum absolute atomic E-state index is 12.6. The lowest BCUT2D eigenvalue weighted by Crippen LogP contribution is -2.34. The molecular weight excluding hydrogens is 316 g/mol. The lowest BCUT2D eigenvalue weighted by Gasteiger charge is -2.25. The van der Waals surface area contributed by atoms with Crippen molar-refractivity contribution in [1.82, 2.24) is 9.88 Å². The Labute approximate surface area is 148 Å². The zero-order valence-corrected chi connectivity index (χ0v) is 15.4. The van der Waals surface area contributed by atoms with E-state index in [1.807, 2.05) is 19.9 Å². The Morgan fingerprint density at radius 1 is 1.32 bits per heavy atom. The van der Waals surface area contributed by atoms with Crippen molar-refractivity contribution in [1.29, 1.82) is 0 Å². The molecule has 1 aromatic carbocycles. The lowest BCUT2D eigenvalue weighted by molar-refractivity contribution is 0.0583. The zero-order chi connectivity index (χ0) is 17.8. The molecule has 1 fully saturated rings. The first-order valence-electron chi connectivity index (χ1n) is 9.03. The van der Waals surface area contributed by atoms with E-state index < -0.39 is 0 Å². The molecule has 1 saturated heterocycles. The second kappa shape index (κ2) is 8.13. The highest BCUT2D eigenvalue weighted by molar-refractivity contribution is 5.82. The third-order valence-corrected chi connectivity index (χ3v) is 4.83. The molecule has 0 saturated carbocycles. The Bertz CT molecular complexity index is 778. The average Bonchev–Trinajstić information content (AvgIpc) is 3.07. The van der Waals surface area contributed by atoms with Crippen molar-refractivity contribution >= 4 is 10.9 Å². The molecule has 1 atom stereocenters. The van der Waals surface area contributed by atoms with Crippen molar-refractivity contribution < 1.29 is 9.47 Å². The molecule has 5 heteroatoms. The number of hydrogen-bond donors (Lipinski definition) is 1. The summed E-state index contributed by atoms with van der Waals surface area (Å²) in [6.45, 7) is 7.98. The predicted octanol–water partition coefficient (Wildman–Crippen LogP) is 2.77. The Morgan fingerprint density at radius 2 is 2.16 bits per heavy atom. The SMILES string of the molecule is COCCN(Cc1cc(=O)c2cc(C)cc(C)c2[nH]1)C[C@H]1CCCO1. The number of hydrogen-bond acceptors (Lipinski definition) is 4. The van der Waals surface area contributed by atoms with Crippen LogP contribution in [0.1, 0.15) is 29.7 Å². The predicted molar refractivity (Wildman–Crippen MR) is 100 cm³/mol. The van der Waals surface area contributed by atoms with Crippen LogP contribution in [0.25, 0.3) is 10.9 Å². The van der Waals surface area contributed by atoms with Gasteiger partial charge in [0.05, 0.1) is 18.2 Å². The Morgan fingerprint density at radius 3 is 2.88 bits per heavy atom. The van der Waals surface area contributed by atoms with Gasteiger partial charge < -0.3 is 14.5 Å². The van der Waals surface area contributed by atoms with Crippen molar-refractivity contribution in [3.05, 3.63) is 45.2 Å². The third kappa shape index (κ3) is 4.48. The van der Waals surface area contributed by atoms with E-state index in [1.165, 1.54) is 0 Å². The first-order chi connectivity index (χ1) is 12.1. The molecule has 1 aliphatic heterocycles. The molecule has 0 amide bonds. The fourth-order valence-electron chi connectivity index (χ4n) is 3.62. The summed E-state index contributed by atoms with van der Waals surface area (Å²) in [6.07, 6.45) is 2.53. The molecule has 0 spiro atoms. The van der Waals surface area contributed by atoms with Gasteiger partial charge in [0, 0.05) is 50.5 Å². The van der Waals surface area contributed by atoms with E-state index in [1.54, 1.807) is 13.2 Å². The fourth-order valence-corrected chi connectivity index (χ4v) is 3.62. The van der Waals surface area contributed by atoms with Crippen molar-refractivity contribution in [3.8, 4) is 0 Å². The molecule has 1 aromatic heterocycles. The van der Waals surface area contributed by atoms with Gasteiger partial charge in [-0.3, -0.25) is 9.69 Å². The van der Waals surface area contributed by atoms with E-state index in [4.69, 9.17) is 9.47 Å². The number of rotatable bonds is 7. The van der Waals surface area contributed by atoms with Crippen LogP contribution in [0.2, 0.25) is 0 Å². The molecule has 0 radical (unpaired) electrons. The highest BCUT2D eigenvalue weighted by Gasteiger charge is 2.19. The minimum absolute atomic E-state index is 0.0827. The highest BCUT2D eigenvalue weighted by atomic mass is 16.5. The van der Waals surface area contributed by atoms with Gasteiger partial charge >= 0.3 is 0 Å². The molecule has 0 bridgehead atoms. The first kappa shape index (κ1) is 18.1. The molecular formula is C20H28N2O3. The molecule has 1 aliphatic rings. The van der Waals surface area contributed by atoms with Gasteiger partial charge in [0.15, 0.2) is 5.43 Å². The Balaban J connectivity index is 1.84. The van der Waals surface area contributed by atoms with Gasteiger partial charge in [-0.1, -0.05) is 6.07 Å². The summed E-state index contributed by atoms with van der Waals surface area (Å²) in [5.74, 6) is 0. The van der Waals surface area contributed by atoms with Crippen molar-refractivity contribution in [2.24, 2.45) is 0 Å². The molecule has 3 rings (SSSR count). The molecule has 5 nitrogen and oxygen atoms in total. The molecule has 0 unspecified atom stereocenters. The van der Waals surface area contributed by atoms with E-state index in [2.05, 4.69) is 16.0 Å². The van der Waals surface area contributed by atoms with Gasteiger partial charge in [0.25, 0.3) is 0 Å². The maximum atomic E-state index is 12.6. The number of aromatic nitrogens is 1. The van der Waals surface area contributed by atoms with Crippen LogP contribution in [0.3, 0.4) is 0 Å². The average molecular weight is 344 g/mol. The fraction of sp³-hybridized carbons (Fsp3) is 0.550. The number of aryl methyl sites for hydroxylation is 2. The van der Waals surface area contributed by atoms with Gasteiger partial charge in [0.1, 0.15) is 0 Å². The largest absolute Gasteiger partial charge is 0.383 e. The number of pyridine rings is 1. The number of nitrogens with zero attached hydrogens (tertiary/aromatic N) is 1. The smallest absolute Gasteiger partial charge is 0.189 e. The van der Waals surface area contributed by atoms with E-state index in [0.717, 1.165) is 60.3 Å². The van der Waals surface area contributed by atoms with Crippen molar-refractivity contribution in [2.45, 2.75) is 39.3 Å². The molecule has 1 N–H and O–H groups in total. The van der Waals surface area contributed by atoms with E-state index in [-0.39, 0.29) is 11.5 Å². The number of methoxy groups -OCH3 is 1. The number of H-pyrrole nitrogens is 1. The van der Waals surface area contributed by atoms with Crippen LogP contribution in [0, 0.1) is 13.8 Å². The minimum atomic E-state index is 0.0827. The summed E-state index contributed by atoms with van der Waals surface area (Å²) in [5.41, 5.74) is 4.19. The topological polar surface area (TPSA) is 54.6 Å². The standard InChI is InChI=1S/C20H28N2O3/c1-14-9-15(2)20-18(10-14)19(23)11-16(21-20)12-22(6-8-24-3)13-17-5-4-7-25-17/h9-11,17H,4-8,12-13H2,1-3H3,(H,21,23)/t17-/m1/s1. The van der Waals surface area contributed by atoms with Crippen molar-refractivity contribution in [3.63, 3.8) is 0 Å². The van der Waals surface area contributed by atoms with Gasteiger partial charge in [-0.2, -0.15) is 0 Å². The summed E-state index contributed by atoms with van der Waals surface area (Å²) in [7, 11) is 1.72. The second-order valence-electron chi connectivity index (χ2n) is 7.03. The van der Waals surface area contributed by atoms with E-state index >= 15 is 0 Å². The van der Waals surface area contributed by atoms with Crippen LogP contribution in [0.15, 0.2) is 23.0 Å². The van der Waals surface area contributed by atoms with Gasteiger partial charge in [0.2, 0.25) is 0 Å². The highest BCUT2D eigenvalue weighted by Crippen LogP contribution is 2.18. The molecule has 136 valence electrons. The van der Waals surface area contributed by atoms with Crippen molar-refractivity contribution in [2.75, 3.05) is 33.4 Å². The summed E-state index contributed by atoms with van der Waals surface area (Å²) in [4.78, 5) is 18.3. The van der Waals surface area contributed by atoms with Crippen LogP contribution >= 0.6 is 0 Å². The summed E-state index contributed by atoms with van der Waals surface area (Å²) >= 11 is 0. The summed E-state index contributed by atoms with van der Waals surface area (Å²) in [6, 6.07) is 5.80. The van der Waals surface area contributed by atoms with Crippen LogP contribution in [0.4, 0.5) is 0 Å². The van der Waals surface area contributed by atoms with Gasteiger partial charge in [-0.05, 0) is 43.9 Å². The van der Waals surface area contributed by atoms with Crippen LogP contribution in [-0.2, 0) is 16.0 Å². The lowest BCUT2D eigenvalue weighted by atomic mass is 10.1. The van der Waals surface area contributed by atoms with Gasteiger partial charge in [-0.15, -0.1) is 0 Å². The quantitative estimate of drug-likeness (QED) is 0.839. The van der Waals surface area contributed by atoms with Crippen LogP contribution < -0.4 is 5.43 Å². The first-order valence-corrected chi connectivity index (χ1v) is 9.03. The summed E-state index contributed by atoms with van der Waals surface area (Å²) in [5, 5.41) is 0.767. The zero-order valence-electron chi connectivity index (χ0n) is 15.4. The van der Waals surface area contributed by atoms with Crippen LogP contribution in [-0.4, -0.2) is 49.4 Å². The number of ether oxygens (including phenoxy) is 2. The minimum Gasteiger partial charge on any atom is -0.383 e. The molecule has 0 aliphatic carbocycles. The maximum Gasteiger partial charge on any atom is 0.189 e. The third-order valence-electron chi connectivity index (χ3n) is 4.83. The second-order valence-corrected chi connectivity index (χ2v) is 7.03. The number of benzene rings is 1. The van der Waals surface area contributed by atoms with Crippen LogP contribution in [0.5, 0.6) is 0 Å². The van der Waals surface area contributed by atoms with Gasteiger partial charge in [-0.25, -0.2) is 0 Å². The number of nitrogens with one attached hydrogen (secondary N) is 1.